The first kappa shape index (κ1) is 13.8. The molecule has 0 spiro atoms. The number of aliphatic carboxylic acids is 1. The zero-order valence-electron chi connectivity index (χ0n) is 10.3. The number of nitro groups is 1. The van der Waals surface area contributed by atoms with E-state index in [2.05, 4.69) is 15.9 Å². The summed E-state index contributed by atoms with van der Waals surface area (Å²) in [5.74, 6) is -0.956. The lowest BCUT2D eigenvalue weighted by molar-refractivity contribution is -0.384. The predicted molar refractivity (Wildman–Crippen MR) is 73.4 cm³/mol. The summed E-state index contributed by atoms with van der Waals surface area (Å²) in [6, 6.07) is 4.67. The quantitative estimate of drug-likeness (QED) is 0.681. The third-order valence-corrected chi connectivity index (χ3v) is 4.02. The molecule has 19 heavy (non-hydrogen) atoms. The minimum atomic E-state index is -1.08. The van der Waals surface area contributed by atoms with Gasteiger partial charge in [-0.25, -0.2) is 4.79 Å². The van der Waals surface area contributed by atoms with Crippen LogP contribution in [0, 0.1) is 10.1 Å². The Balaban J connectivity index is 2.53. The van der Waals surface area contributed by atoms with Crippen LogP contribution in [-0.2, 0) is 4.79 Å². The monoisotopic (exact) mass is 328 g/mol. The smallest absolute Gasteiger partial charge is 0.329 e. The fourth-order valence-corrected chi connectivity index (χ4v) is 2.79. The van der Waals surface area contributed by atoms with E-state index in [1.165, 1.54) is 6.07 Å². The van der Waals surface area contributed by atoms with Crippen LogP contribution in [0.25, 0.3) is 0 Å². The van der Waals surface area contributed by atoms with Gasteiger partial charge in [-0.2, -0.15) is 0 Å². The molecule has 1 N–H and O–H groups in total. The summed E-state index contributed by atoms with van der Waals surface area (Å²) in [7, 11) is 0. The first-order chi connectivity index (χ1) is 8.86. The van der Waals surface area contributed by atoms with Gasteiger partial charge in [-0.1, -0.05) is 15.9 Å². The number of nitro benzene ring substituents is 1. The summed E-state index contributed by atoms with van der Waals surface area (Å²) in [5, 5.41) is 20.5. The molecule has 1 atom stereocenters. The maximum atomic E-state index is 11.4. The zero-order chi connectivity index (χ0) is 14.2. The highest BCUT2D eigenvalue weighted by molar-refractivity contribution is 9.10. The van der Waals surface area contributed by atoms with Crippen LogP contribution >= 0.6 is 15.9 Å². The molecule has 0 aliphatic carbocycles. The molecule has 0 amide bonds. The molecule has 1 heterocycles. The van der Waals surface area contributed by atoms with Gasteiger partial charge in [-0.05, 0) is 31.9 Å². The highest BCUT2D eigenvalue weighted by Gasteiger charge is 2.45. The Kier molecular flexibility index (Phi) is 3.49. The Morgan fingerprint density at radius 1 is 1.58 bits per heavy atom. The molecule has 2 rings (SSSR count). The fraction of sp³-hybridized carbons (Fsp3) is 0.417. The van der Waals surface area contributed by atoms with Crippen molar-refractivity contribution in [3.8, 4) is 0 Å². The van der Waals surface area contributed by atoms with E-state index < -0.39 is 16.4 Å². The first-order valence-corrected chi connectivity index (χ1v) is 6.60. The molecule has 0 bridgehead atoms. The molecule has 1 aliphatic heterocycles. The van der Waals surface area contributed by atoms with Gasteiger partial charge in [0.1, 0.15) is 11.2 Å². The SMILES string of the molecule is CC1(C(=O)O)CCCN1c1ccc(Br)cc1[N+](=O)[O-]. The van der Waals surface area contributed by atoms with Crippen LogP contribution in [0.2, 0.25) is 0 Å². The minimum Gasteiger partial charge on any atom is -0.480 e. The number of nitrogens with zero attached hydrogens (tertiary/aromatic N) is 2. The number of rotatable bonds is 3. The minimum absolute atomic E-state index is 0.0799. The fourth-order valence-electron chi connectivity index (χ4n) is 2.44. The molecule has 102 valence electrons. The maximum absolute atomic E-state index is 11.4. The van der Waals surface area contributed by atoms with Crippen molar-refractivity contribution in [1.82, 2.24) is 0 Å². The highest BCUT2D eigenvalue weighted by Crippen LogP contribution is 2.40. The largest absolute Gasteiger partial charge is 0.480 e. The van der Waals surface area contributed by atoms with E-state index in [9.17, 15) is 20.0 Å². The second-order valence-electron chi connectivity index (χ2n) is 4.72. The van der Waals surface area contributed by atoms with Crippen molar-refractivity contribution in [2.45, 2.75) is 25.3 Å². The van der Waals surface area contributed by atoms with E-state index in [0.717, 1.165) is 0 Å². The first-order valence-electron chi connectivity index (χ1n) is 5.81. The van der Waals surface area contributed by atoms with Crippen LogP contribution in [0.3, 0.4) is 0 Å². The van der Waals surface area contributed by atoms with Crippen molar-refractivity contribution in [2.24, 2.45) is 0 Å². The highest BCUT2D eigenvalue weighted by atomic mass is 79.9. The lowest BCUT2D eigenvalue weighted by Crippen LogP contribution is -2.48. The second kappa shape index (κ2) is 4.80. The van der Waals surface area contributed by atoms with Gasteiger partial charge in [-0.3, -0.25) is 10.1 Å². The lowest BCUT2D eigenvalue weighted by Gasteiger charge is -2.32. The molecule has 1 saturated heterocycles. The van der Waals surface area contributed by atoms with Crippen molar-refractivity contribution in [2.75, 3.05) is 11.4 Å². The van der Waals surface area contributed by atoms with Gasteiger partial charge in [0.2, 0.25) is 0 Å². The van der Waals surface area contributed by atoms with Gasteiger partial charge in [-0.15, -0.1) is 0 Å². The maximum Gasteiger partial charge on any atom is 0.329 e. The molecule has 1 fully saturated rings. The van der Waals surface area contributed by atoms with Crippen molar-refractivity contribution in [3.63, 3.8) is 0 Å². The summed E-state index contributed by atoms with van der Waals surface area (Å²) in [6.07, 6.45) is 1.19. The van der Waals surface area contributed by atoms with E-state index in [-0.39, 0.29) is 5.69 Å². The van der Waals surface area contributed by atoms with Gasteiger partial charge in [0.05, 0.1) is 4.92 Å². The predicted octanol–water partition coefficient (Wildman–Crippen LogP) is 2.80. The number of carboxylic acids is 1. The molecule has 6 nitrogen and oxygen atoms in total. The van der Waals surface area contributed by atoms with Gasteiger partial charge < -0.3 is 10.0 Å². The van der Waals surface area contributed by atoms with E-state index in [1.807, 2.05) is 0 Å². The van der Waals surface area contributed by atoms with E-state index in [0.29, 0.717) is 29.5 Å². The summed E-state index contributed by atoms with van der Waals surface area (Å²) in [4.78, 5) is 23.7. The second-order valence-corrected chi connectivity index (χ2v) is 5.64. The summed E-state index contributed by atoms with van der Waals surface area (Å²) in [5.41, 5.74) is -0.808. The Hall–Kier alpha value is -1.63. The van der Waals surface area contributed by atoms with Gasteiger partial charge >= 0.3 is 5.97 Å². The average molecular weight is 329 g/mol. The Morgan fingerprint density at radius 3 is 2.84 bits per heavy atom. The number of carbonyl (C=O) groups is 1. The van der Waals surface area contributed by atoms with Crippen molar-refractivity contribution in [3.05, 3.63) is 32.8 Å². The standard InChI is InChI=1S/C12H13BrN2O4/c1-12(11(16)17)5-2-6-14(12)9-4-3-8(13)7-10(9)15(18)19/h3-4,7H,2,5-6H2,1H3,(H,16,17). The van der Waals surface area contributed by atoms with Crippen LogP contribution in [0.15, 0.2) is 22.7 Å². The normalized spacial score (nSPS) is 22.5. The van der Waals surface area contributed by atoms with Crippen LogP contribution in [0.1, 0.15) is 19.8 Å². The summed E-state index contributed by atoms with van der Waals surface area (Å²) in [6.45, 7) is 2.11. The van der Waals surface area contributed by atoms with Crippen LogP contribution in [0.5, 0.6) is 0 Å². The summed E-state index contributed by atoms with van der Waals surface area (Å²) >= 11 is 3.19. The Morgan fingerprint density at radius 2 is 2.26 bits per heavy atom. The van der Waals surface area contributed by atoms with E-state index in [1.54, 1.807) is 24.0 Å². The lowest BCUT2D eigenvalue weighted by atomic mass is 9.98. The molecule has 7 heteroatoms. The van der Waals surface area contributed by atoms with Crippen LogP contribution < -0.4 is 4.90 Å². The Labute approximate surface area is 118 Å². The van der Waals surface area contributed by atoms with Crippen LogP contribution in [-0.4, -0.2) is 28.1 Å². The number of hydrogen-bond acceptors (Lipinski definition) is 4. The number of benzene rings is 1. The molecule has 0 saturated carbocycles. The van der Waals surface area contributed by atoms with Gasteiger partial charge in [0.15, 0.2) is 0 Å². The molecule has 1 aromatic rings. The van der Waals surface area contributed by atoms with Crippen molar-refractivity contribution >= 4 is 33.3 Å². The topological polar surface area (TPSA) is 83.7 Å². The molecular formula is C12H13BrN2O4. The molecule has 1 aromatic carbocycles. The molecule has 0 radical (unpaired) electrons. The number of hydrogen-bond donors (Lipinski definition) is 1. The van der Waals surface area contributed by atoms with Crippen molar-refractivity contribution < 1.29 is 14.8 Å². The van der Waals surface area contributed by atoms with E-state index >= 15 is 0 Å². The third-order valence-electron chi connectivity index (χ3n) is 3.53. The molecule has 1 unspecified atom stereocenters. The number of carboxylic acid groups (broad SMARTS) is 1. The third kappa shape index (κ3) is 2.30. The zero-order valence-corrected chi connectivity index (χ0v) is 11.9. The number of anilines is 1. The van der Waals surface area contributed by atoms with Crippen LogP contribution in [0.4, 0.5) is 11.4 Å². The molecular weight excluding hydrogens is 316 g/mol. The average Bonchev–Trinajstić information content (AvgIpc) is 2.72. The molecule has 0 aromatic heterocycles. The van der Waals surface area contributed by atoms with Gasteiger partial charge in [0, 0.05) is 17.1 Å². The van der Waals surface area contributed by atoms with Crippen molar-refractivity contribution in [1.29, 1.82) is 0 Å². The Bertz CT molecular complexity index is 549. The van der Waals surface area contributed by atoms with E-state index in [4.69, 9.17) is 0 Å². The molecule has 1 aliphatic rings. The summed E-state index contributed by atoms with van der Waals surface area (Å²) < 4.78 is 0.596. The van der Waals surface area contributed by atoms with Gasteiger partial charge in [0.25, 0.3) is 5.69 Å². The number of halogens is 1.